The van der Waals surface area contributed by atoms with Gasteiger partial charge in [-0.05, 0) is 36.2 Å². The van der Waals surface area contributed by atoms with Crippen molar-refractivity contribution in [1.29, 1.82) is 0 Å². The van der Waals surface area contributed by atoms with Gasteiger partial charge in [-0.15, -0.1) is 0 Å². The Balaban J connectivity index is 1.90. The first-order chi connectivity index (χ1) is 11.5. The van der Waals surface area contributed by atoms with Crippen molar-refractivity contribution in [2.24, 2.45) is 10.7 Å². The van der Waals surface area contributed by atoms with Gasteiger partial charge in [0.15, 0.2) is 5.96 Å². The van der Waals surface area contributed by atoms with E-state index < -0.39 is 5.60 Å². The Morgan fingerprint density at radius 2 is 2.04 bits per heavy atom. The fraction of sp³-hybridized carbons (Fsp3) is 0.333. The standard InChI is InChI=1S/C18H23BrN4O/c1-2-18(24,14-6-8-15(19)9-7-14)13-23-17(20)22-12-10-16-5-3-4-11-21-16/h3-9,11,24H,2,10,12-13H2,1H3,(H3,20,22,23). The second-order valence-electron chi connectivity index (χ2n) is 5.59. The van der Waals surface area contributed by atoms with Crippen LogP contribution in [0.15, 0.2) is 58.1 Å². The van der Waals surface area contributed by atoms with Crippen molar-refractivity contribution in [3.05, 3.63) is 64.4 Å². The fourth-order valence-electron chi connectivity index (χ4n) is 2.30. The summed E-state index contributed by atoms with van der Waals surface area (Å²) in [6.45, 7) is 2.80. The van der Waals surface area contributed by atoms with Crippen LogP contribution in [-0.4, -0.2) is 29.1 Å². The molecule has 2 rings (SSSR count). The third-order valence-corrected chi connectivity index (χ3v) is 4.42. The molecule has 0 aliphatic rings. The number of guanidine groups is 1. The minimum atomic E-state index is -1.02. The minimum Gasteiger partial charge on any atom is -0.383 e. The van der Waals surface area contributed by atoms with Gasteiger partial charge in [-0.2, -0.15) is 0 Å². The number of nitrogens with one attached hydrogen (secondary N) is 1. The predicted octanol–water partition coefficient (Wildman–Crippen LogP) is 2.59. The number of halogens is 1. The van der Waals surface area contributed by atoms with Gasteiger partial charge in [0.05, 0.1) is 6.54 Å². The Hall–Kier alpha value is -1.92. The molecule has 0 amide bonds. The maximum absolute atomic E-state index is 10.8. The van der Waals surface area contributed by atoms with Crippen LogP contribution in [0.5, 0.6) is 0 Å². The number of pyridine rings is 1. The van der Waals surface area contributed by atoms with Crippen LogP contribution in [0.4, 0.5) is 0 Å². The van der Waals surface area contributed by atoms with Crippen molar-refractivity contribution in [3.8, 4) is 0 Å². The summed E-state index contributed by atoms with van der Waals surface area (Å²) in [5, 5.41) is 13.9. The van der Waals surface area contributed by atoms with E-state index in [0.717, 1.165) is 22.2 Å². The number of hydrogen-bond acceptors (Lipinski definition) is 3. The molecule has 2 aromatic rings. The lowest BCUT2D eigenvalue weighted by atomic mass is 9.91. The Morgan fingerprint density at radius 3 is 2.67 bits per heavy atom. The summed E-state index contributed by atoms with van der Waals surface area (Å²) >= 11 is 3.40. The second kappa shape index (κ2) is 8.80. The maximum Gasteiger partial charge on any atom is 0.188 e. The SMILES string of the molecule is CCC(O)(CN=C(N)NCCc1ccccn1)c1ccc(Br)cc1. The smallest absolute Gasteiger partial charge is 0.188 e. The van der Waals surface area contributed by atoms with Crippen LogP contribution in [0, 0.1) is 0 Å². The van der Waals surface area contributed by atoms with Crippen molar-refractivity contribution >= 4 is 21.9 Å². The molecule has 1 aromatic carbocycles. The van der Waals surface area contributed by atoms with Gasteiger partial charge in [0, 0.05) is 29.3 Å². The molecule has 0 aliphatic heterocycles. The highest BCUT2D eigenvalue weighted by molar-refractivity contribution is 9.10. The summed E-state index contributed by atoms with van der Waals surface area (Å²) in [6.07, 6.45) is 3.09. The number of hydrogen-bond donors (Lipinski definition) is 3. The van der Waals surface area contributed by atoms with E-state index in [1.54, 1.807) is 6.20 Å². The van der Waals surface area contributed by atoms with Crippen molar-refractivity contribution in [1.82, 2.24) is 10.3 Å². The molecule has 1 heterocycles. The maximum atomic E-state index is 10.8. The molecular formula is C18H23BrN4O. The average Bonchev–Trinajstić information content (AvgIpc) is 2.61. The summed E-state index contributed by atoms with van der Waals surface area (Å²) in [5.41, 5.74) is 6.71. The fourth-order valence-corrected chi connectivity index (χ4v) is 2.57. The molecule has 1 atom stereocenters. The molecule has 4 N–H and O–H groups in total. The lowest BCUT2D eigenvalue weighted by Crippen LogP contribution is -2.36. The largest absolute Gasteiger partial charge is 0.383 e. The molecular weight excluding hydrogens is 368 g/mol. The third-order valence-electron chi connectivity index (χ3n) is 3.89. The number of aliphatic hydroxyl groups is 1. The molecule has 5 nitrogen and oxygen atoms in total. The van der Waals surface area contributed by atoms with Gasteiger partial charge >= 0.3 is 0 Å². The number of aliphatic imine (C=N–C) groups is 1. The van der Waals surface area contributed by atoms with Crippen LogP contribution in [0.2, 0.25) is 0 Å². The minimum absolute atomic E-state index is 0.216. The van der Waals surface area contributed by atoms with Crippen molar-refractivity contribution in [3.63, 3.8) is 0 Å². The number of nitrogens with zero attached hydrogens (tertiary/aromatic N) is 2. The molecule has 1 aromatic heterocycles. The number of nitrogens with two attached hydrogens (primary N) is 1. The zero-order valence-corrected chi connectivity index (χ0v) is 15.3. The molecule has 24 heavy (non-hydrogen) atoms. The first kappa shape index (κ1) is 18.4. The molecule has 0 radical (unpaired) electrons. The van der Waals surface area contributed by atoms with Crippen LogP contribution in [-0.2, 0) is 12.0 Å². The van der Waals surface area contributed by atoms with E-state index in [9.17, 15) is 5.11 Å². The number of rotatable bonds is 7. The summed E-state index contributed by atoms with van der Waals surface area (Å²) in [5.74, 6) is 0.329. The Kier molecular flexibility index (Phi) is 6.75. The van der Waals surface area contributed by atoms with E-state index in [1.165, 1.54) is 0 Å². The van der Waals surface area contributed by atoms with E-state index in [2.05, 4.69) is 31.2 Å². The van der Waals surface area contributed by atoms with Gasteiger partial charge in [0.2, 0.25) is 0 Å². The van der Waals surface area contributed by atoms with E-state index in [-0.39, 0.29) is 6.54 Å². The van der Waals surface area contributed by atoms with E-state index >= 15 is 0 Å². The van der Waals surface area contributed by atoms with E-state index in [4.69, 9.17) is 5.73 Å². The van der Waals surface area contributed by atoms with Crippen LogP contribution >= 0.6 is 15.9 Å². The molecule has 0 saturated carbocycles. The molecule has 0 spiro atoms. The highest BCUT2D eigenvalue weighted by atomic mass is 79.9. The first-order valence-corrected chi connectivity index (χ1v) is 8.75. The Labute approximate surface area is 151 Å². The van der Waals surface area contributed by atoms with Crippen molar-refractivity contribution < 1.29 is 5.11 Å². The lowest BCUT2D eigenvalue weighted by Gasteiger charge is -2.25. The molecule has 0 bridgehead atoms. The van der Waals surface area contributed by atoms with E-state index in [0.29, 0.717) is 18.9 Å². The summed E-state index contributed by atoms with van der Waals surface area (Å²) in [7, 11) is 0. The van der Waals surface area contributed by atoms with Gasteiger partial charge < -0.3 is 16.2 Å². The summed E-state index contributed by atoms with van der Waals surface area (Å²) in [6, 6.07) is 13.4. The molecule has 1 unspecified atom stereocenters. The Morgan fingerprint density at radius 1 is 1.29 bits per heavy atom. The van der Waals surface area contributed by atoms with Crippen LogP contribution in [0.25, 0.3) is 0 Å². The second-order valence-corrected chi connectivity index (χ2v) is 6.51. The van der Waals surface area contributed by atoms with E-state index in [1.807, 2.05) is 49.4 Å². The van der Waals surface area contributed by atoms with Gasteiger partial charge in [-0.3, -0.25) is 9.98 Å². The zero-order chi connectivity index (χ0) is 17.4. The number of aromatic nitrogens is 1. The Bertz CT molecular complexity index is 660. The topological polar surface area (TPSA) is 83.5 Å². The van der Waals surface area contributed by atoms with Crippen molar-refractivity contribution in [2.45, 2.75) is 25.4 Å². The first-order valence-electron chi connectivity index (χ1n) is 7.95. The number of benzene rings is 1. The monoisotopic (exact) mass is 390 g/mol. The quantitative estimate of drug-likeness (QED) is 0.501. The molecule has 0 saturated heterocycles. The van der Waals surface area contributed by atoms with Gasteiger partial charge in [-0.1, -0.05) is 41.1 Å². The highest BCUT2D eigenvalue weighted by Gasteiger charge is 2.26. The molecule has 128 valence electrons. The summed E-state index contributed by atoms with van der Waals surface area (Å²) < 4.78 is 0.976. The average molecular weight is 391 g/mol. The van der Waals surface area contributed by atoms with Crippen LogP contribution in [0.3, 0.4) is 0 Å². The van der Waals surface area contributed by atoms with Gasteiger partial charge in [0.25, 0.3) is 0 Å². The van der Waals surface area contributed by atoms with Gasteiger partial charge in [0.1, 0.15) is 5.60 Å². The van der Waals surface area contributed by atoms with Gasteiger partial charge in [-0.25, -0.2) is 0 Å². The van der Waals surface area contributed by atoms with Crippen LogP contribution < -0.4 is 11.1 Å². The van der Waals surface area contributed by atoms with Crippen molar-refractivity contribution in [2.75, 3.05) is 13.1 Å². The normalized spacial score (nSPS) is 14.2. The zero-order valence-electron chi connectivity index (χ0n) is 13.7. The van der Waals surface area contributed by atoms with Crippen LogP contribution in [0.1, 0.15) is 24.6 Å². The highest BCUT2D eigenvalue weighted by Crippen LogP contribution is 2.26. The summed E-state index contributed by atoms with van der Waals surface area (Å²) in [4.78, 5) is 8.55. The molecule has 6 heteroatoms. The molecule has 0 fully saturated rings. The molecule has 0 aliphatic carbocycles. The third kappa shape index (κ3) is 5.32. The lowest BCUT2D eigenvalue weighted by molar-refractivity contribution is 0.0423. The predicted molar refractivity (Wildman–Crippen MR) is 101 cm³/mol.